The fourth-order valence-corrected chi connectivity index (χ4v) is 2.70. The van der Waals surface area contributed by atoms with Gasteiger partial charge in [0.25, 0.3) is 11.6 Å². The summed E-state index contributed by atoms with van der Waals surface area (Å²) in [4.78, 5) is 23.0. The standard InChI is InChI=1S/C18H18N6O3/c1-11-7-8-14(9-12(11)2)23-17(20-21-22-23)10-19-18(25)15-5-4-6-16(13(15)3)24(26)27/h4-9H,10H2,1-3H3,(H,19,25). The van der Waals surface area contributed by atoms with E-state index in [1.54, 1.807) is 17.7 Å². The third-order valence-electron chi connectivity index (χ3n) is 4.42. The zero-order valence-electron chi connectivity index (χ0n) is 15.1. The van der Waals surface area contributed by atoms with Gasteiger partial charge in [0, 0.05) is 17.2 Å². The lowest BCUT2D eigenvalue weighted by molar-refractivity contribution is -0.385. The number of carbonyl (C=O) groups is 1. The third kappa shape index (κ3) is 3.66. The first-order valence-electron chi connectivity index (χ1n) is 8.25. The highest BCUT2D eigenvalue weighted by atomic mass is 16.6. The molecular formula is C18H18N6O3. The van der Waals surface area contributed by atoms with Crippen LogP contribution in [0, 0.1) is 30.9 Å². The molecule has 0 atom stereocenters. The summed E-state index contributed by atoms with van der Waals surface area (Å²) in [6.45, 7) is 5.64. The van der Waals surface area contributed by atoms with Crippen LogP contribution in [0.4, 0.5) is 5.69 Å². The molecule has 0 unspecified atom stereocenters. The first-order chi connectivity index (χ1) is 12.9. The number of hydrogen-bond acceptors (Lipinski definition) is 6. The summed E-state index contributed by atoms with van der Waals surface area (Å²) in [5.74, 6) is 0.0283. The Bertz CT molecular complexity index is 1030. The average Bonchev–Trinajstić information content (AvgIpc) is 3.10. The molecule has 0 bridgehead atoms. The lowest BCUT2D eigenvalue weighted by Gasteiger charge is -2.09. The third-order valence-corrected chi connectivity index (χ3v) is 4.42. The SMILES string of the molecule is Cc1ccc(-n2nnnc2CNC(=O)c2cccc([N+](=O)[O-])c2C)cc1C. The molecule has 0 fully saturated rings. The van der Waals surface area contributed by atoms with Gasteiger partial charge in [-0.25, -0.2) is 0 Å². The molecule has 0 spiro atoms. The molecule has 0 radical (unpaired) electrons. The maximum Gasteiger partial charge on any atom is 0.273 e. The zero-order valence-corrected chi connectivity index (χ0v) is 15.1. The Morgan fingerprint density at radius 3 is 2.67 bits per heavy atom. The van der Waals surface area contributed by atoms with Crippen molar-refractivity contribution in [3.05, 3.63) is 74.6 Å². The second-order valence-electron chi connectivity index (χ2n) is 6.16. The molecule has 3 aromatic rings. The summed E-state index contributed by atoms with van der Waals surface area (Å²) in [6, 6.07) is 10.2. The number of hydrogen-bond donors (Lipinski definition) is 1. The van der Waals surface area contributed by atoms with Crippen LogP contribution in [0.15, 0.2) is 36.4 Å². The largest absolute Gasteiger partial charge is 0.345 e. The number of amides is 1. The molecule has 0 saturated heterocycles. The van der Waals surface area contributed by atoms with Crippen LogP contribution in [-0.2, 0) is 6.54 Å². The Morgan fingerprint density at radius 2 is 1.96 bits per heavy atom. The van der Waals surface area contributed by atoms with Gasteiger partial charge in [0.2, 0.25) is 0 Å². The minimum Gasteiger partial charge on any atom is -0.345 e. The fraction of sp³-hybridized carbons (Fsp3) is 0.222. The van der Waals surface area contributed by atoms with E-state index in [9.17, 15) is 14.9 Å². The molecule has 0 aliphatic rings. The molecule has 27 heavy (non-hydrogen) atoms. The molecule has 3 rings (SSSR count). The van der Waals surface area contributed by atoms with Gasteiger partial charge in [0.15, 0.2) is 5.82 Å². The average molecular weight is 366 g/mol. The van der Waals surface area contributed by atoms with E-state index in [1.165, 1.54) is 12.1 Å². The molecule has 9 nitrogen and oxygen atoms in total. The van der Waals surface area contributed by atoms with Crippen LogP contribution < -0.4 is 5.32 Å². The number of benzene rings is 2. The van der Waals surface area contributed by atoms with Crippen molar-refractivity contribution in [2.75, 3.05) is 0 Å². The second kappa shape index (κ2) is 7.32. The number of nitro groups is 1. The van der Waals surface area contributed by atoms with E-state index in [2.05, 4.69) is 20.8 Å². The van der Waals surface area contributed by atoms with Crippen LogP contribution in [0.2, 0.25) is 0 Å². The quantitative estimate of drug-likeness (QED) is 0.547. The van der Waals surface area contributed by atoms with E-state index in [1.807, 2.05) is 32.0 Å². The Morgan fingerprint density at radius 1 is 1.19 bits per heavy atom. The summed E-state index contributed by atoms with van der Waals surface area (Å²) >= 11 is 0. The monoisotopic (exact) mass is 366 g/mol. The fourth-order valence-electron chi connectivity index (χ4n) is 2.70. The Hall–Kier alpha value is -3.62. The number of tetrazole rings is 1. The summed E-state index contributed by atoms with van der Waals surface area (Å²) in [5.41, 5.74) is 3.51. The number of rotatable bonds is 5. The summed E-state index contributed by atoms with van der Waals surface area (Å²) in [6.07, 6.45) is 0. The lowest BCUT2D eigenvalue weighted by Crippen LogP contribution is -2.25. The molecule has 0 aliphatic carbocycles. The van der Waals surface area contributed by atoms with Crippen LogP contribution in [-0.4, -0.2) is 31.0 Å². The molecular weight excluding hydrogens is 348 g/mol. The first kappa shape index (κ1) is 18.2. The van der Waals surface area contributed by atoms with Gasteiger partial charge in [0.1, 0.15) is 0 Å². The second-order valence-corrected chi connectivity index (χ2v) is 6.16. The molecule has 2 aromatic carbocycles. The normalized spacial score (nSPS) is 10.6. The van der Waals surface area contributed by atoms with Crippen molar-refractivity contribution in [2.24, 2.45) is 0 Å². The highest BCUT2D eigenvalue weighted by Crippen LogP contribution is 2.21. The van der Waals surface area contributed by atoms with Gasteiger partial charge in [0.05, 0.1) is 17.2 Å². The Labute approximate surface area is 155 Å². The number of aromatic nitrogens is 4. The Balaban J connectivity index is 1.80. The highest BCUT2D eigenvalue weighted by Gasteiger charge is 2.18. The molecule has 9 heteroatoms. The van der Waals surface area contributed by atoms with Crippen LogP contribution in [0.1, 0.15) is 32.9 Å². The van der Waals surface area contributed by atoms with Crippen LogP contribution >= 0.6 is 0 Å². The number of nitrogens with zero attached hydrogens (tertiary/aromatic N) is 5. The number of aryl methyl sites for hydroxylation is 2. The van der Waals surface area contributed by atoms with Gasteiger partial charge in [-0.2, -0.15) is 4.68 Å². The molecule has 1 aromatic heterocycles. The van der Waals surface area contributed by atoms with Gasteiger partial charge < -0.3 is 5.32 Å². The van der Waals surface area contributed by atoms with Gasteiger partial charge >= 0.3 is 0 Å². The maximum atomic E-state index is 12.5. The summed E-state index contributed by atoms with van der Waals surface area (Å²) in [7, 11) is 0. The van der Waals surface area contributed by atoms with E-state index < -0.39 is 10.8 Å². The van der Waals surface area contributed by atoms with E-state index in [0.29, 0.717) is 11.4 Å². The zero-order chi connectivity index (χ0) is 19.6. The summed E-state index contributed by atoms with van der Waals surface area (Å²) in [5, 5.41) is 25.4. The molecule has 1 amide bonds. The van der Waals surface area contributed by atoms with E-state index in [-0.39, 0.29) is 17.8 Å². The molecule has 1 heterocycles. The molecule has 0 aliphatic heterocycles. The molecule has 138 valence electrons. The van der Waals surface area contributed by atoms with Gasteiger partial charge in [-0.05, 0) is 60.5 Å². The smallest absolute Gasteiger partial charge is 0.273 e. The van der Waals surface area contributed by atoms with Crippen molar-refractivity contribution < 1.29 is 9.72 Å². The predicted octanol–water partition coefficient (Wildman–Crippen LogP) is 2.43. The van der Waals surface area contributed by atoms with Crippen LogP contribution in [0.5, 0.6) is 0 Å². The minimum atomic E-state index is -0.508. The number of nitrogens with one attached hydrogen (secondary N) is 1. The van der Waals surface area contributed by atoms with Crippen molar-refractivity contribution in [1.29, 1.82) is 0 Å². The van der Waals surface area contributed by atoms with Gasteiger partial charge in [-0.1, -0.05) is 12.1 Å². The highest BCUT2D eigenvalue weighted by molar-refractivity contribution is 5.96. The first-order valence-corrected chi connectivity index (χ1v) is 8.25. The van der Waals surface area contributed by atoms with Crippen molar-refractivity contribution in [2.45, 2.75) is 27.3 Å². The van der Waals surface area contributed by atoms with Crippen molar-refractivity contribution >= 4 is 11.6 Å². The molecule has 0 saturated carbocycles. The lowest BCUT2D eigenvalue weighted by atomic mass is 10.1. The number of nitro benzene ring substituents is 1. The number of carbonyl (C=O) groups excluding carboxylic acids is 1. The van der Waals surface area contributed by atoms with Gasteiger partial charge in [-0.3, -0.25) is 14.9 Å². The van der Waals surface area contributed by atoms with E-state index >= 15 is 0 Å². The predicted molar refractivity (Wildman–Crippen MR) is 97.6 cm³/mol. The van der Waals surface area contributed by atoms with Crippen molar-refractivity contribution in [1.82, 2.24) is 25.5 Å². The van der Waals surface area contributed by atoms with Crippen molar-refractivity contribution in [3.63, 3.8) is 0 Å². The van der Waals surface area contributed by atoms with E-state index in [0.717, 1.165) is 16.8 Å². The van der Waals surface area contributed by atoms with Crippen molar-refractivity contribution in [3.8, 4) is 5.69 Å². The maximum absolute atomic E-state index is 12.5. The Kier molecular flexibility index (Phi) is 4.93. The van der Waals surface area contributed by atoms with E-state index in [4.69, 9.17) is 0 Å². The van der Waals surface area contributed by atoms with Crippen LogP contribution in [0.3, 0.4) is 0 Å². The minimum absolute atomic E-state index is 0.0842. The van der Waals surface area contributed by atoms with Gasteiger partial charge in [-0.15, -0.1) is 5.10 Å². The molecule has 1 N–H and O–H groups in total. The summed E-state index contributed by atoms with van der Waals surface area (Å²) < 4.78 is 1.55. The van der Waals surface area contributed by atoms with Crippen LogP contribution in [0.25, 0.3) is 5.69 Å². The topological polar surface area (TPSA) is 116 Å².